The van der Waals surface area contributed by atoms with Crippen LogP contribution in [0.3, 0.4) is 0 Å². The maximum absolute atomic E-state index is 13.1. The van der Waals surface area contributed by atoms with Crippen LogP contribution in [-0.2, 0) is 11.2 Å². The fraction of sp³-hybridized carbons (Fsp3) is 0.520. The van der Waals surface area contributed by atoms with E-state index in [1.165, 1.54) is 5.69 Å². The standard InChI is InChI=1S/C25H33N3O2/c1-4-30-22-10-8-21(9-11-22)28-17-20-14-25(2,3)23(28)18-27(16-20)24(29)12-7-19-6-5-13-26-15-19/h5-6,8-11,13,15,20,23H,4,7,12,14,16-18H2,1-3H3/t20?,23-/m1/s1. The zero-order valence-electron chi connectivity index (χ0n) is 18.4. The van der Waals surface area contributed by atoms with Gasteiger partial charge < -0.3 is 14.5 Å². The van der Waals surface area contributed by atoms with Gasteiger partial charge in [0, 0.05) is 44.1 Å². The molecule has 0 radical (unpaired) electrons. The van der Waals surface area contributed by atoms with Gasteiger partial charge in [0.2, 0.25) is 5.91 Å². The first-order valence-electron chi connectivity index (χ1n) is 11.1. The minimum Gasteiger partial charge on any atom is -0.494 e. The van der Waals surface area contributed by atoms with Crippen LogP contribution in [0.4, 0.5) is 5.69 Å². The Morgan fingerprint density at radius 1 is 1.17 bits per heavy atom. The molecule has 2 bridgehead atoms. The van der Waals surface area contributed by atoms with E-state index in [0.29, 0.717) is 25.0 Å². The number of carbonyl (C=O) groups excluding carboxylic acids is 1. The molecular weight excluding hydrogens is 374 g/mol. The summed E-state index contributed by atoms with van der Waals surface area (Å²) in [5, 5.41) is 0. The molecule has 1 aromatic carbocycles. The molecule has 3 fully saturated rings. The quantitative estimate of drug-likeness (QED) is 0.721. The highest BCUT2D eigenvalue weighted by molar-refractivity contribution is 5.77. The van der Waals surface area contributed by atoms with Gasteiger partial charge in [-0.25, -0.2) is 0 Å². The number of amides is 1. The van der Waals surface area contributed by atoms with Crippen LogP contribution in [0.15, 0.2) is 48.8 Å². The normalized spacial score (nSPS) is 22.6. The number of benzene rings is 1. The summed E-state index contributed by atoms with van der Waals surface area (Å²) in [7, 11) is 0. The van der Waals surface area contributed by atoms with Gasteiger partial charge in [0.15, 0.2) is 0 Å². The Morgan fingerprint density at radius 2 is 1.97 bits per heavy atom. The first kappa shape index (κ1) is 20.7. The molecule has 0 aliphatic carbocycles. The van der Waals surface area contributed by atoms with Crippen molar-refractivity contribution in [3.63, 3.8) is 0 Å². The topological polar surface area (TPSA) is 45.7 Å². The molecule has 5 heteroatoms. The van der Waals surface area contributed by atoms with E-state index < -0.39 is 0 Å². The number of hydrogen-bond acceptors (Lipinski definition) is 4. The lowest BCUT2D eigenvalue weighted by atomic mass is 9.73. The fourth-order valence-electron chi connectivity index (χ4n) is 5.18. The SMILES string of the molecule is CCOc1ccc(N2CC3CN(C(=O)CCc4cccnc4)C[C@@H]2C(C)(C)C3)cc1. The van der Waals surface area contributed by atoms with E-state index in [1.807, 2.05) is 25.3 Å². The molecule has 3 aliphatic rings. The summed E-state index contributed by atoms with van der Waals surface area (Å²) in [4.78, 5) is 21.9. The molecule has 2 atom stereocenters. The molecule has 5 nitrogen and oxygen atoms in total. The Morgan fingerprint density at radius 3 is 2.67 bits per heavy atom. The summed E-state index contributed by atoms with van der Waals surface area (Å²) in [5.41, 5.74) is 2.52. The van der Waals surface area contributed by atoms with Crippen LogP contribution in [0.2, 0.25) is 0 Å². The molecule has 0 N–H and O–H groups in total. The third kappa shape index (κ3) is 4.45. The molecular formula is C25H33N3O2. The van der Waals surface area contributed by atoms with Crippen LogP contribution in [-0.4, -0.2) is 48.1 Å². The van der Waals surface area contributed by atoms with Gasteiger partial charge in [-0.2, -0.15) is 0 Å². The largest absolute Gasteiger partial charge is 0.494 e. The molecule has 3 aliphatic heterocycles. The summed E-state index contributed by atoms with van der Waals surface area (Å²) in [5.74, 6) is 1.67. The second-order valence-corrected chi connectivity index (χ2v) is 9.31. The molecule has 0 saturated carbocycles. The lowest BCUT2D eigenvalue weighted by Gasteiger charge is -2.48. The molecule has 0 spiro atoms. The second kappa shape index (κ2) is 8.66. The van der Waals surface area contributed by atoms with E-state index in [2.05, 4.69) is 52.9 Å². The van der Waals surface area contributed by atoms with Crippen molar-refractivity contribution in [2.75, 3.05) is 31.1 Å². The maximum atomic E-state index is 13.1. The predicted molar refractivity (Wildman–Crippen MR) is 120 cm³/mol. The van der Waals surface area contributed by atoms with Crippen molar-refractivity contribution < 1.29 is 9.53 Å². The van der Waals surface area contributed by atoms with Crippen molar-refractivity contribution in [1.82, 2.24) is 9.88 Å². The summed E-state index contributed by atoms with van der Waals surface area (Å²) >= 11 is 0. The van der Waals surface area contributed by atoms with Crippen LogP contribution in [0.25, 0.3) is 0 Å². The maximum Gasteiger partial charge on any atom is 0.222 e. The zero-order chi connectivity index (χ0) is 21.1. The van der Waals surface area contributed by atoms with Crippen molar-refractivity contribution in [1.29, 1.82) is 0 Å². The highest BCUT2D eigenvalue weighted by Gasteiger charge is 2.46. The highest BCUT2D eigenvalue weighted by Crippen LogP contribution is 2.43. The van der Waals surface area contributed by atoms with Gasteiger partial charge in [0.25, 0.3) is 0 Å². The van der Waals surface area contributed by atoms with Crippen molar-refractivity contribution in [2.24, 2.45) is 11.3 Å². The van der Waals surface area contributed by atoms with Crippen molar-refractivity contribution in [3.05, 3.63) is 54.4 Å². The van der Waals surface area contributed by atoms with Crippen LogP contribution < -0.4 is 9.64 Å². The number of aryl methyl sites for hydroxylation is 1. The summed E-state index contributed by atoms with van der Waals surface area (Å²) in [6.45, 7) is 10.1. The number of piperidine rings is 1. The number of ether oxygens (including phenoxy) is 1. The van der Waals surface area contributed by atoms with Crippen LogP contribution in [0.1, 0.15) is 39.2 Å². The monoisotopic (exact) mass is 407 g/mol. The number of rotatable bonds is 6. The molecule has 3 saturated heterocycles. The number of pyridine rings is 1. The van der Waals surface area contributed by atoms with Crippen molar-refractivity contribution in [2.45, 2.75) is 46.1 Å². The Bertz CT molecular complexity index is 850. The number of hydrogen-bond donors (Lipinski definition) is 0. The molecule has 5 rings (SSSR count). The Kier molecular flexibility index (Phi) is 5.98. The Balaban J connectivity index is 1.49. The third-order valence-corrected chi connectivity index (χ3v) is 6.60. The molecule has 1 aromatic heterocycles. The summed E-state index contributed by atoms with van der Waals surface area (Å²) < 4.78 is 5.61. The predicted octanol–water partition coefficient (Wildman–Crippen LogP) is 4.18. The molecule has 1 amide bonds. The van der Waals surface area contributed by atoms with E-state index in [9.17, 15) is 4.79 Å². The van der Waals surface area contributed by atoms with Crippen molar-refractivity contribution in [3.8, 4) is 5.75 Å². The Labute approximate surface area is 180 Å². The molecule has 4 heterocycles. The lowest BCUT2D eigenvalue weighted by Crippen LogP contribution is -2.54. The van der Waals surface area contributed by atoms with Gasteiger partial charge >= 0.3 is 0 Å². The number of nitrogens with zero attached hydrogens (tertiary/aromatic N) is 3. The first-order chi connectivity index (χ1) is 14.5. The molecule has 30 heavy (non-hydrogen) atoms. The van der Waals surface area contributed by atoms with Crippen LogP contribution >= 0.6 is 0 Å². The van der Waals surface area contributed by atoms with Crippen LogP contribution in [0.5, 0.6) is 5.75 Å². The van der Waals surface area contributed by atoms with Crippen LogP contribution in [0, 0.1) is 11.3 Å². The smallest absolute Gasteiger partial charge is 0.222 e. The fourth-order valence-corrected chi connectivity index (χ4v) is 5.18. The average molecular weight is 408 g/mol. The van der Waals surface area contributed by atoms with E-state index in [1.54, 1.807) is 6.20 Å². The van der Waals surface area contributed by atoms with Gasteiger partial charge in [0.1, 0.15) is 5.75 Å². The van der Waals surface area contributed by atoms with E-state index in [4.69, 9.17) is 4.74 Å². The molecule has 160 valence electrons. The molecule has 1 unspecified atom stereocenters. The van der Waals surface area contributed by atoms with Gasteiger partial charge in [-0.15, -0.1) is 0 Å². The van der Waals surface area contributed by atoms with E-state index in [0.717, 1.165) is 43.8 Å². The van der Waals surface area contributed by atoms with Gasteiger partial charge in [-0.1, -0.05) is 19.9 Å². The third-order valence-electron chi connectivity index (χ3n) is 6.60. The van der Waals surface area contributed by atoms with Gasteiger partial charge in [-0.3, -0.25) is 9.78 Å². The minimum absolute atomic E-state index is 0.167. The number of carbonyl (C=O) groups is 1. The average Bonchev–Trinajstić information content (AvgIpc) is 3.01. The van der Waals surface area contributed by atoms with E-state index >= 15 is 0 Å². The van der Waals surface area contributed by atoms with Crippen molar-refractivity contribution >= 4 is 11.6 Å². The van der Waals surface area contributed by atoms with Gasteiger partial charge in [0.05, 0.1) is 12.6 Å². The van der Waals surface area contributed by atoms with Gasteiger partial charge in [-0.05, 0) is 67.0 Å². The lowest BCUT2D eigenvalue weighted by molar-refractivity contribution is -0.131. The summed E-state index contributed by atoms with van der Waals surface area (Å²) in [6.07, 6.45) is 6.10. The zero-order valence-corrected chi connectivity index (χ0v) is 18.4. The Hall–Kier alpha value is -2.56. The highest BCUT2D eigenvalue weighted by atomic mass is 16.5. The number of aromatic nitrogens is 1. The summed E-state index contributed by atoms with van der Waals surface area (Å²) in [6, 6.07) is 12.7. The molecule has 2 aromatic rings. The second-order valence-electron chi connectivity index (χ2n) is 9.31. The number of anilines is 1. The number of fused-ring (bicyclic) bond motifs is 4. The first-order valence-corrected chi connectivity index (χ1v) is 11.1. The van der Waals surface area contributed by atoms with E-state index in [-0.39, 0.29) is 11.3 Å². The minimum atomic E-state index is 0.167.